The number of fused-ring (bicyclic) bond motifs is 1. The molecule has 0 atom stereocenters. The van der Waals surface area contributed by atoms with Crippen LogP contribution in [0.15, 0.2) is 34.4 Å². The van der Waals surface area contributed by atoms with E-state index in [4.69, 9.17) is 0 Å². The number of aromatic amines is 1. The fourth-order valence-electron chi connectivity index (χ4n) is 2.51. The van der Waals surface area contributed by atoms with E-state index in [-0.39, 0.29) is 17.4 Å². The Bertz CT molecular complexity index is 940. The van der Waals surface area contributed by atoms with Crippen LogP contribution in [0.4, 0.5) is 5.69 Å². The number of nitrogens with one attached hydrogen (secondary N) is 2. The molecule has 3 aromatic rings. The monoisotopic (exact) mass is 327 g/mol. The quantitative estimate of drug-likeness (QED) is 0.771. The topological polar surface area (TPSA) is 74.8 Å². The molecule has 2 aromatic heterocycles. The van der Waals surface area contributed by atoms with Crippen molar-refractivity contribution >= 4 is 33.8 Å². The summed E-state index contributed by atoms with van der Waals surface area (Å²) in [5.41, 5.74) is 2.60. The summed E-state index contributed by atoms with van der Waals surface area (Å²) in [6.07, 6.45) is 0. The van der Waals surface area contributed by atoms with Crippen LogP contribution in [-0.2, 0) is 0 Å². The Morgan fingerprint density at radius 2 is 2.09 bits per heavy atom. The summed E-state index contributed by atoms with van der Waals surface area (Å²) < 4.78 is 0. The first kappa shape index (κ1) is 15.4. The van der Waals surface area contributed by atoms with Gasteiger partial charge in [-0.15, -0.1) is 11.3 Å². The molecule has 6 heteroatoms. The highest BCUT2D eigenvalue weighted by molar-refractivity contribution is 7.09. The van der Waals surface area contributed by atoms with Gasteiger partial charge in [0.1, 0.15) is 5.69 Å². The van der Waals surface area contributed by atoms with Gasteiger partial charge in [0.05, 0.1) is 10.5 Å². The summed E-state index contributed by atoms with van der Waals surface area (Å²) in [4.78, 5) is 31.0. The highest BCUT2D eigenvalue weighted by Crippen LogP contribution is 2.25. The van der Waals surface area contributed by atoms with Crippen LogP contribution < -0.4 is 10.9 Å². The maximum atomic E-state index is 12.2. The van der Waals surface area contributed by atoms with E-state index in [9.17, 15) is 9.59 Å². The van der Waals surface area contributed by atoms with Crippen molar-refractivity contribution in [2.24, 2.45) is 0 Å². The zero-order valence-electron chi connectivity index (χ0n) is 13.1. The van der Waals surface area contributed by atoms with Gasteiger partial charge in [0, 0.05) is 22.5 Å². The smallest absolute Gasteiger partial charge is 0.275 e. The number of aryl methyl sites for hydroxylation is 1. The lowest BCUT2D eigenvalue weighted by Gasteiger charge is -2.11. The minimum absolute atomic E-state index is 0.139. The largest absolute Gasteiger partial charge is 0.322 e. The number of carbonyl (C=O) groups excluding carboxylic acids is 1. The number of hydrogen-bond donors (Lipinski definition) is 2. The molecule has 2 heterocycles. The maximum Gasteiger partial charge on any atom is 0.275 e. The second-order valence-electron chi connectivity index (χ2n) is 5.71. The number of rotatable bonds is 3. The predicted molar refractivity (Wildman–Crippen MR) is 93.5 cm³/mol. The van der Waals surface area contributed by atoms with E-state index in [0.717, 1.165) is 16.0 Å². The summed E-state index contributed by atoms with van der Waals surface area (Å²) in [7, 11) is 0. The highest BCUT2D eigenvalue weighted by Gasteiger charge is 2.11. The molecule has 0 saturated carbocycles. The molecule has 5 nitrogen and oxygen atoms in total. The van der Waals surface area contributed by atoms with Crippen molar-refractivity contribution in [2.45, 2.75) is 26.7 Å². The molecule has 0 aliphatic carbocycles. The SMILES string of the molecule is Cc1nc(C(=O)Nc2ccc3c(C(C)C)cc(=O)[nH]c3c2)cs1. The first-order chi connectivity index (χ1) is 10.9. The lowest BCUT2D eigenvalue weighted by molar-refractivity contribution is 0.102. The molecule has 23 heavy (non-hydrogen) atoms. The van der Waals surface area contributed by atoms with Gasteiger partial charge in [0.15, 0.2) is 0 Å². The number of aromatic nitrogens is 2. The third-order valence-electron chi connectivity index (χ3n) is 3.61. The summed E-state index contributed by atoms with van der Waals surface area (Å²) >= 11 is 1.43. The van der Waals surface area contributed by atoms with Crippen molar-refractivity contribution in [3.8, 4) is 0 Å². The molecule has 0 saturated heterocycles. The van der Waals surface area contributed by atoms with E-state index < -0.39 is 0 Å². The van der Waals surface area contributed by atoms with Gasteiger partial charge in [-0.3, -0.25) is 9.59 Å². The van der Waals surface area contributed by atoms with Crippen molar-refractivity contribution in [3.63, 3.8) is 0 Å². The van der Waals surface area contributed by atoms with Crippen LogP contribution >= 0.6 is 11.3 Å². The van der Waals surface area contributed by atoms with Crippen LogP contribution in [0.3, 0.4) is 0 Å². The second-order valence-corrected chi connectivity index (χ2v) is 6.77. The number of amides is 1. The normalized spacial score (nSPS) is 11.1. The van der Waals surface area contributed by atoms with Gasteiger partial charge >= 0.3 is 0 Å². The van der Waals surface area contributed by atoms with Crippen molar-refractivity contribution in [1.29, 1.82) is 0 Å². The number of carbonyl (C=O) groups is 1. The number of benzene rings is 1. The van der Waals surface area contributed by atoms with Gasteiger partial charge < -0.3 is 10.3 Å². The lowest BCUT2D eigenvalue weighted by Crippen LogP contribution is -2.13. The van der Waals surface area contributed by atoms with Crippen LogP contribution in [0.5, 0.6) is 0 Å². The Hall–Kier alpha value is -2.47. The molecule has 1 aromatic carbocycles. The predicted octanol–water partition coefficient (Wildman–Crippen LogP) is 3.67. The molecule has 0 fully saturated rings. The Morgan fingerprint density at radius 1 is 1.30 bits per heavy atom. The number of anilines is 1. The number of thiazole rings is 1. The van der Waals surface area contributed by atoms with E-state index in [1.165, 1.54) is 11.3 Å². The van der Waals surface area contributed by atoms with Gasteiger partial charge in [-0.25, -0.2) is 4.98 Å². The Morgan fingerprint density at radius 3 is 2.74 bits per heavy atom. The fraction of sp³-hybridized carbons (Fsp3) is 0.235. The fourth-order valence-corrected chi connectivity index (χ4v) is 3.10. The second kappa shape index (κ2) is 5.96. The molecule has 0 bridgehead atoms. The molecule has 118 valence electrons. The van der Waals surface area contributed by atoms with Crippen LogP contribution in [0.1, 0.15) is 40.8 Å². The molecular weight excluding hydrogens is 310 g/mol. The number of nitrogens with zero attached hydrogens (tertiary/aromatic N) is 1. The Kier molecular flexibility index (Phi) is 4.00. The van der Waals surface area contributed by atoms with E-state index in [2.05, 4.69) is 29.1 Å². The highest BCUT2D eigenvalue weighted by atomic mass is 32.1. The van der Waals surface area contributed by atoms with Crippen LogP contribution in [-0.4, -0.2) is 15.9 Å². The van der Waals surface area contributed by atoms with Gasteiger partial charge in [-0.2, -0.15) is 0 Å². The summed E-state index contributed by atoms with van der Waals surface area (Å²) in [5, 5.41) is 6.38. The van der Waals surface area contributed by atoms with E-state index in [1.54, 1.807) is 17.5 Å². The molecule has 1 amide bonds. The van der Waals surface area contributed by atoms with E-state index >= 15 is 0 Å². The Balaban J connectivity index is 1.97. The third-order valence-corrected chi connectivity index (χ3v) is 4.38. The van der Waals surface area contributed by atoms with Crippen molar-refractivity contribution < 1.29 is 4.79 Å². The summed E-state index contributed by atoms with van der Waals surface area (Å²) in [6.45, 7) is 5.96. The molecule has 0 unspecified atom stereocenters. The maximum absolute atomic E-state index is 12.2. The Labute approximate surface area is 137 Å². The van der Waals surface area contributed by atoms with Gasteiger partial charge in [-0.1, -0.05) is 19.9 Å². The van der Waals surface area contributed by atoms with Crippen LogP contribution in [0.25, 0.3) is 10.9 Å². The van der Waals surface area contributed by atoms with Gasteiger partial charge in [0.2, 0.25) is 5.56 Å². The molecule has 0 spiro atoms. The molecule has 2 N–H and O–H groups in total. The van der Waals surface area contributed by atoms with Gasteiger partial charge in [-0.05, 0) is 30.5 Å². The number of H-pyrrole nitrogens is 1. The zero-order chi connectivity index (χ0) is 16.6. The van der Waals surface area contributed by atoms with Crippen LogP contribution in [0, 0.1) is 6.92 Å². The summed E-state index contributed by atoms with van der Waals surface area (Å²) in [5.74, 6) is -0.00529. The average Bonchev–Trinajstić information content (AvgIpc) is 2.92. The van der Waals surface area contributed by atoms with Crippen molar-refractivity contribution in [2.75, 3.05) is 5.32 Å². The van der Waals surface area contributed by atoms with Gasteiger partial charge in [0.25, 0.3) is 5.91 Å². The standard InChI is InChI=1S/C17H17N3O2S/c1-9(2)13-7-16(21)20-14-6-11(4-5-12(13)14)19-17(22)15-8-23-10(3)18-15/h4-9H,1-3H3,(H,19,22)(H,20,21). The first-order valence-electron chi connectivity index (χ1n) is 7.34. The zero-order valence-corrected chi connectivity index (χ0v) is 14.0. The van der Waals surface area contributed by atoms with E-state index in [0.29, 0.717) is 16.9 Å². The first-order valence-corrected chi connectivity index (χ1v) is 8.22. The minimum Gasteiger partial charge on any atom is -0.322 e. The van der Waals surface area contributed by atoms with E-state index in [1.807, 2.05) is 19.1 Å². The van der Waals surface area contributed by atoms with Crippen molar-refractivity contribution in [3.05, 3.63) is 56.3 Å². The average molecular weight is 327 g/mol. The summed E-state index contributed by atoms with van der Waals surface area (Å²) in [6, 6.07) is 7.16. The molecular formula is C17H17N3O2S. The molecule has 3 rings (SSSR count). The lowest BCUT2D eigenvalue weighted by atomic mass is 9.99. The number of pyridine rings is 1. The molecule has 0 radical (unpaired) electrons. The number of hydrogen-bond acceptors (Lipinski definition) is 4. The third kappa shape index (κ3) is 3.17. The molecule has 0 aliphatic rings. The van der Waals surface area contributed by atoms with Crippen LogP contribution in [0.2, 0.25) is 0 Å². The molecule has 0 aliphatic heterocycles. The van der Waals surface area contributed by atoms with Crippen molar-refractivity contribution in [1.82, 2.24) is 9.97 Å². The minimum atomic E-state index is -0.254.